The summed E-state index contributed by atoms with van der Waals surface area (Å²) in [4.78, 5) is 7.46. The van der Waals surface area contributed by atoms with E-state index in [1.807, 2.05) is 6.07 Å². The number of nitrogens with zero attached hydrogens (tertiary/aromatic N) is 2. The van der Waals surface area contributed by atoms with Gasteiger partial charge >= 0.3 is 0 Å². The second-order valence-electron chi connectivity index (χ2n) is 7.96. The normalized spacial score (nSPS) is 15.5. The van der Waals surface area contributed by atoms with Crippen LogP contribution in [-0.4, -0.2) is 31.7 Å². The Morgan fingerprint density at radius 1 is 1.10 bits per heavy atom. The highest BCUT2D eigenvalue weighted by Crippen LogP contribution is 2.32. The van der Waals surface area contributed by atoms with Crippen LogP contribution < -0.4 is 4.90 Å². The predicted molar refractivity (Wildman–Crippen MR) is 127 cm³/mol. The molecule has 1 aromatic heterocycles. The summed E-state index contributed by atoms with van der Waals surface area (Å²) in [6, 6.07) is 13.7. The maximum absolute atomic E-state index is 13.1. The molecule has 7 heteroatoms. The van der Waals surface area contributed by atoms with Crippen LogP contribution in [0.5, 0.6) is 0 Å². The summed E-state index contributed by atoms with van der Waals surface area (Å²) in [6.07, 6.45) is 2.07. The fourth-order valence-electron chi connectivity index (χ4n) is 4.12. The van der Waals surface area contributed by atoms with E-state index in [9.17, 15) is 8.42 Å². The largest absolute Gasteiger partial charge is 0.348 e. The molecule has 2 aromatic carbocycles. The molecule has 0 atom stereocenters. The summed E-state index contributed by atoms with van der Waals surface area (Å²) in [5, 5.41) is 2.77. The lowest BCUT2D eigenvalue weighted by atomic mass is 10.0. The zero-order chi connectivity index (χ0) is 21.3. The van der Waals surface area contributed by atoms with Crippen molar-refractivity contribution in [3.05, 3.63) is 74.7 Å². The van der Waals surface area contributed by atoms with Crippen LogP contribution in [0.4, 0.5) is 5.13 Å². The second kappa shape index (κ2) is 8.81. The average molecular weight is 506 g/mol. The van der Waals surface area contributed by atoms with E-state index in [1.165, 1.54) is 16.7 Å². The monoisotopic (exact) mass is 504 g/mol. The standard InChI is InChI=1S/C23H25BrN2O2S2/c1-16-11-17(2)13-18(12-16)14-19-15-29-23(25-19)26-9-7-20(8-10-26)30(27,28)22-6-4-3-5-21(22)24/h3-6,11-13,15,20H,7-10,14H2,1-2H3. The second-order valence-corrected chi connectivity index (χ2v) is 11.8. The quantitative estimate of drug-likeness (QED) is 0.456. The van der Waals surface area contributed by atoms with Gasteiger partial charge in [0.15, 0.2) is 15.0 Å². The minimum atomic E-state index is -3.33. The van der Waals surface area contributed by atoms with Crippen LogP contribution in [0.1, 0.15) is 35.2 Å². The van der Waals surface area contributed by atoms with Gasteiger partial charge in [-0.2, -0.15) is 0 Å². The third-order valence-electron chi connectivity index (χ3n) is 5.50. The molecule has 2 heterocycles. The van der Waals surface area contributed by atoms with Crippen molar-refractivity contribution in [1.82, 2.24) is 4.98 Å². The molecule has 0 bridgehead atoms. The van der Waals surface area contributed by atoms with E-state index in [0.717, 1.165) is 17.2 Å². The number of sulfone groups is 1. The molecule has 0 N–H and O–H groups in total. The number of halogens is 1. The third-order valence-corrected chi connectivity index (χ3v) is 9.72. The molecule has 0 unspecified atom stereocenters. The highest BCUT2D eigenvalue weighted by Gasteiger charge is 2.33. The maximum Gasteiger partial charge on any atom is 0.185 e. The van der Waals surface area contributed by atoms with Gasteiger partial charge in [0.25, 0.3) is 0 Å². The Morgan fingerprint density at radius 3 is 2.43 bits per heavy atom. The first-order valence-electron chi connectivity index (χ1n) is 10.1. The first-order valence-corrected chi connectivity index (χ1v) is 13.3. The first-order chi connectivity index (χ1) is 14.3. The van der Waals surface area contributed by atoms with E-state index in [1.54, 1.807) is 29.5 Å². The van der Waals surface area contributed by atoms with E-state index < -0.39 is 9.84 Å². The Bertz CT molecular complexity index is 1130. The van der Waals surface area contributed by atoms with Gasteiger partial charge in [-0.15, -0.1) is 11.3 Å². The van der Waals surface area contributed by atoms with Gasteiger partial charge in [-0.05, 0) is 60.3 Å². The summed E-state index contributed by atoms with van der Waals surface area (Å²) < 4.78 is 26.7. The zero-order valence-corrected chi connectivity index (χ0v) is 20.4. The number of hydrogen-bond acceptors (Lipinski definition) is 5. The van der Waals surface area contributed by atoms with Gasteiger partial charge in [-0.3, -0.25) is 0 Å². The number of thiazole rings is 1. The SMILES string of the molecule is Cc1cc(C)cc(Cc2csc(N3CCC(S(=O)(=O)c4ccccc4Br)CC3)n2)c1. The van der Waals surface area contributed by atoms with Crippen molar-refractivity contribution in [2.24, 2.45) is 0 Å². The van der Waals surface area contributed by atoms with Crippen molar-refractivity contribution < 1.29 is 8.42 Å². The van der Waals surface area contributed by atoms with Crippen molar-refractivity contribution in [3.63, 3.8) is 0 Å². The zero-order valence-electron chi connectivity index (χ0n) is 17.1. The maximum atomic E-state index is 13.1. The van der Waals surface area contributed by atoms with Gasteiger partial charge in [0.2, 0.25) is 0 Å². The van der Waals surface area contributed by atoms with E-state index >= 15 is 0 Å². The number of rotatable bonds is 5. The van der Waals surface area contributed by atoms with Gasteiger partial charge in [0.1, 0.15) is 0 Å². The lowest BCUT2D eigenvalue weighted by molar-refractivity contribution is 0.529. The molecular weight excluding hydrogens is 480 g/mol. The van der Waals surface area contributed by atoms with Gasteiger partial charge < -0.3 is 4.90 Å². The van der Waals surface area contributed by atoms with Crippen LogP contribution in [0.3, 0.4) is 0 Å². The fourth-order valence-corrected chi connectivity index (χ4v) is 7.75. The van der Waals surface area contributed by atoms with Gasteiger partial charge in [0.05, 0.1) is 15.8 Å². The van der Waals surface area contributed by atoms with Crippen molar-refractivity contribution >= 4 is 42.2 Å². The van der Waals surface area contributed by atoms with Crippen LogP contribution in [0.15, 0.2) is 57.2 Å². The van der Waals surface area contributed by atoms with Gasteiger partial charge in [-0.25, -0.2) is 13.4 Å². The molecule has 158 valence electrons. The summed E-state index contributed by atoms with van der Waals surface area (Å²) in [6.45, 7) is 5.67. The van der Waals surface area contributed by atoms with E-state index in [2.05, 4.69) is 58.3 Å². The molecule has 0 amide bonds. The molecule has 0 aliphatic carbocycles. The van der Waals surface area contributed by atoms with E-state index in [0.29, 0.717) is 35.3 Å². The molecule has 0 spiro atoms. The third kappa shape index (κ3) is 4.63. The molecule has 4 nitrogen and oxygen atoms in total. The van der Waals surface area contributed by atoms with Crippen molar-refractivity contribution in [1.29, 1.82) is 0 Å². The molecule has 3 aromatic rings. The number of benzene rings is 2. The molecule has 1 aliphatic heterocycles. The minimum Gasteiger partial charge on any atom is -0.348 e. The summed E-state index contributed by atoms with van der Waals surface area (Å²) in [5.74, 6) is 0. The van der Waals surface area contributed by atoms with Crippen LogP contribution in [0.2, 0.25) is 0 Å². The Morgan fingerprint density at radius 2 is 1.77 bits per heavy atom. The molecule has 30 heavy (non-hydrogen) atoms. The predicted octanol–water partition coefficient (Wildman–Crippen LogP) is 5.56. The van der Waals surface area contributed by atoms with Gasteiger partial charge in [0, 0.05) is 29.4 Å². The summed E-state index contributed by atoms with van der Waals surface area (Å²) >= 11 is 5.04. The molecule has 0 radical (unpaired) electrons. The van der Waals surface area contributed by atoms with E-state index in [-0.39, 0.29) is 5.25 Å². The molecule has 1 saturated heterocycles. The number of hydrogen-bond donors (Lipinski definition) is 0. The van der Waals surface area contributed by atoms with Crippen LogP contribution in [0, 0.1) is 13.8 Å². The Kier molecular flexibility index (Phi) is 6.32. The van der Waals surface area contributed by atoms with Gasteiger partial charge in [-0.1, -0.05) is 41.5 Å². The van der Waals surface area contributed by atoms with Crippen molar-refractivity contribution in [2.75, 3.05) is 18.0 Å². The molecule has 1 fully saturated rings. The molecule has 0 saturated carbocycles. The van der Waals surface area contributed by atoms with Crippen molar-refractivity contribution in [3.8, 4) is 0 Å². The fraction of sp³-hybridized carbons (Fsp3) is 0.348. The van der Waals surface area contributed by atoms with Crippen molar-refractivity contribution in [2.45, 2.75) is 43.3 Å². The molecular formula is C23H25BrN2O2S2. The lowest BCUT2D eigenvalue weighted by Gasteiger charge is -2.31. The van der Waals surface area contributed by atoms with Crippen LogP contribution in [0.25, 0.3) is 0 Å². The molecule has 1 aliphatic rings. The lowest BCUT2D eigenvalue weighted by Crippen LogP contribution is -2.39. The highest BCUT2D eigenvalue weighted by atomic mass is 79.9. The Labute approximate surface area is 191 Å². The van der Waals surface area contributed by atoms with E-state index in [4.69, 9.17) is 4.98 Å². The number of aromatic nitrogens is 1. The first kappa shape index (κ1) is 21.5. The highest BCUT2D eigenvalue weighted by molar-refractivity contribution is 9.10. The summed E-state index contributed by atoms with van der Waals surface area (Å²) in [5.41, 5.74) is 4.90. The number of aryl methyl sites for hydroxylation is 2. The number of anilines is 1. The minimum absolute atomic E-state index is 0.345. The Hall–Kier alpha value is -1.70. The summed E-state index contributed by atoms with van der Waals surface area (Å²) in [7, 11) is -3.33. The number of piperidine rings is 1. The molecule has 4 rings (SSSR count). The average Bonchev–Trinajstić information content (AvgIpc) is 3.16. The van der Waals surface area contributed by atoms with Crippen LogP contribution >= 0.6 is 27.3 Å². The Balaban J connectivity index is 1.42. The smallest absolute Gasteiger partial charge is 0.185 e. The van der Waals surface area contributed by atoms with Crippen LogP contribution in [-0.2, 0) is 16.3 Å². The topological polar surface area (TPSA) is 50.3 Å².